The number of nitrogens with zero attached hydrogens (tertiary/aromatic N) is 1. The number of rotatable bonds is 6. The van der Waals surface area contributed by atoms with Gasteiger partial charge in [0.25, 0.3) is 5.56 Å². The molecule has 104 valence electrons. The highest BCUT2D eigenvalue weighted by Gasteiger charge is 2.13. The Morgan fingerprint density at radius 1 is 1.53 bits per heavy atom. The summed E-state index contributed by atoms with van der Waals surface area (Å²) in [7, 11) is 1.52. The van der Waals surface area contributed by atoms with Crippen molar-refractivity contribution in [1.29, 1.82) is 0 Å². The first kappa shape index (κ1) is 14.9. The van der Waals surface area contributed by atoms with Gasteiger partial charge in [-0.2, -0.15) is 0 Å². The Balaban J connectivity index is 2.78. The van der Waals surface area contributed by atoms with Crippen LogP contribution in [0, 0.1) is 0 Å². The van der Waals surface area contributed by atoms with Crippen molar-refractivity contribution >= 4 is 11.9 Å². The summed E-state index contributed by atoms with van der Waals surface area (Å²) in [6.07, 6.45) is 1.37. The van der Waals surface area contributed by atoms with Gasteiger partial charge in [-0.15, -0.1) is 0 Å². The molecule has 0 aliphatic heterocycles. The second-order valence-corrected chi connectivity index (χ2v) is 4.08. The fraction of sp³-hybridized carbons (Fsp3) is 0.417. The first-order valence-corrected chi connectivity index (χ1v) is 5.66. The molecule has 0 aromatic carbocycles. The molecule has 7 heteroatoms. The van der Waals surface area contributed by atoms with E-state index in [9.17, 15) is 14.4 Å². The quantitative estimate of drug-likeness (QED) is 0.738. The fourth-order valence-electron chi connectivity index (χ4n) is 1.59. The lowest BCUT2D eigenvalue weighted by Crippen LogP contribution is -2.40. The zero-order chi connectivity index (χ0) is 14.4. The van der Waals surface area contributed by atoms with Crippen LogP contribution in [-0.2, 0) is 16.1 Å². The second-order valence-electron chi connectivity index (χ2n) is 4.08. The van der Waals surface area contributed by atoms with Crippen LogP contribution < -0.4 is 10.9 Å². The Morgan fingerprint density at radius 3 is 2.79 bits per heavy atom. The average molecular weight is 268 g/mol. The van der Waals surface area contributed by atoms with Crippen molar-refractivity contribution in [3.63, 3.8) is 0 Å². The number of amides is 1. The van der Waals surface area contributed by atoms with E-state index >= 15 is 0 Å². The van der Waals surface area contributed by atoms with Gasteiger partial charge in [0.15, 0.2) is 0 Å². The van der Waals surface area contributed by atoms with E-state index in [4.69, 9.17) is 9.84 Å². The summed E-state index contributed by atoms with van der Waals surface area (Å²) in [6.45, 7) is 1.89. The van der Waals surface area contributed by atoms with E-state index in [0.717, 1.165) is 4.57 Å². The molecule has 1 aromatic rings. The Bertz CT molecular complexity index is 523. The third-order valence-corrected chi connectivity index (χ3v) is 2.39. The standard InChI is InChI=1S/C12H16N2O5/c1-8(7-19-2)13-10(15)6-14-5-3-4-9(11(14)16)12(17)18/h3-5,8H,6-7H2,1-2H3,(H,13,15)(H,17,18). The number of aromatic carboxylic acids is 1. The molecule has 1 rings (SSSR count). The lowest BCUT2D eigenvalue weighted by Gasteiger charge is -2.13. The van der Waals surface area contributed by atoms with E-state index in [2.05, 4.69) is 5.32 Å². The van der Waals surface area contributed by atoms with Crippen LogP contribution in [0.3, 0.4) is 0 Å². The molecule has 1 heterocycles. The van der Waals surface area contributed by atoms with E-state index in [0.29, 0.717) is 6.61 Å². The summed E-state index contributed by atoms with van der Waals surface area (Å²) in [5.74, 6) is -1.69. The van der Waals surface area contributed by atoms with Crippen LogP contribution in [0.15, 0.2) is 23.1 Å². The van der Waals surface area contributed by atoms with Crippen molar-refractivity contribution in [1.82, 2.24) is 9.88 Å². The molecule has 0 aliphatic rings. The maximum absolute atomic E-state index is 11.7. The van der Waals surface area contributed by atoms with E-state index in [1.54, 1.807) is 6.92 Å². The third-order valence-electron chi connectivity index (χ3n) is 2.39. The van der Waals surface area contributed by atoms with Gasteiger partial charge in [0, 0.05) is 19.3 Å². The van der Waals surface area contributed by atoms with Gasteiger partial charge in [-0.25, -0.2) is 4.79 Å². The Hall–Kier alpha value is -2.15. The van der Waals surface area contributed by atoms with Crippen molar-refractivity contribution in [3.8, 4) is 0 Å². The number of carboxylic acids is 1. The highest BCUT2D eigenvalue weighted by molar-refractivity contribution is 5.87. The Morgan fingerprint density at radius 2 is 2.21 bits per heavy atom. The van der Waals surface area contributed by atoms with Gasteiger partial charge in [-0.3, -0.25) is 9.59 Å². The van der Waals surface area contributed by atoms with Gasteiger partial charge in [0.1, 0.15) is 12.1 Å². The summed E-state index contributed by atoms with van der Waals surface area (Å²) in [6, 6.07) is 2.43. The zero-order valence-electron chi connectivity index (χ0n) is 10.8. The van der Waals surface area contributed by atoms with Gasteiger partial charge < -0.3 is 19.7 Å². The molecule has 19 heavy (non-hydrogen) atoms. The minimum Gasteiger partial charge on any atom is -0.477 e. The smallest absolute Gasteiger partial charge is 0.341 e. The van der Waals surface area contributed by atoms with Gasteiger partial charge in [0.05, 0.1) is 6.61 Å². The van der Waals surface area contributed by atoms with E-state index in [-0.39, 0.29) is 24.1 Å². The van der Waals surface area contributed by atoms with Crippen LogP contribution in [0.2, 0.25) is 0 Å². The molecular formula is C12H16N2O5. The van der Waals surface area contributed by atoms with Crippen LogP contribution in [0.25, 0.3) is 0 Å². The lowest BCUT2D eigenvalue weighted by molar-refractivity contribution is -0.122. The molecule has 2 N–H and O–H groups in total. The number of nitrogens with one attached hydrogen (secondary N) is 1. The highest BCUT2D eigenvalue weighted by Crippen LogP contribution is 1.93. The summed E-state index contributed by atoms with van der Waals surface area (Å²) < 4.78 is 5.92. The van der Waals surface area contributed by atoms with Crippen LogP contribution >= 0.6 is 0 Å². The average Bonchev–Trinajstić information content (AvgIpc) is 2.31. The topological polar surface area (TPSA) is 97.6 Å². The molecule has 1 atom stereocenters. The molecular weight excluding hydrogens is 252 g/mol. The van der Waals surface area contributed by atoms with E-state index in [1.165, 1.54) is 25.4 Å². The molecule has 7 nitrogen and oxygen atoms in total. The zero-order valence-corrected chi connectivity index (χ0v) is 10.8. The molecule has 0 spiro atoms. The molecule has 0 saturated heterocycles. The third kappa shape index (κ3) is 4.22. The predicted molar refractivity (Wildman–Crippen MR) is 67.1 cm³/mol. The maximum Gasteiger partial charge on any atom is 0.341 e. The van der Waals surface area contributed by atoms with Crippen LogP contribution in [0.5, 0.6) is 0 Å². The van der Waals surface area contributed by atoms with Crippen molar-refractivity contribution in [2.24, 2.45) is 0 Å². The van der Waals surface area contributed by atoms with Crippen molar-refractivity contribution in [2.75, 3.05) is 13.7 Å². The number of carbonyl (C=O) groups is 2. The van der Waals surface area contributed by atoms with Crippen LogP contribution in [-0.4, -0.2) is 41.3 Å². The van der Waals surface area contributed by atoms with Gasteiger partial charge in [-0.05, 0) is 19.1 Å². The number of carbonyl (C=O) groups excluding carboxylic acids is 1. The Labute approximate surface area is 109 Å². The summed E-state index contributed by atoms with van der Waals surface area (Å²) in [5, 5.41) is 11.4. The molecule has 1 unspecified atom stereocenters. The number of ether oxygens (including phenoxy) is 1. The minimum absolute atomic E-state index is 0.184. The number of pyridine rings is 1. The number of hydrogen-bond acceptors (Lipinski definition) is 4. The summed E-state index contributed by atoms with van der Waals surface area (Å²) in [5.41, 5.74) is -1.07. The summed E-state index contributed by atoms with van der Waals surface area (Å²) >= 11 is 0. The predicted octanol–water partition coefficient (Wildman–Crippen LogP) is -0.302. The fourth-order valence-corrected chi connectivity index (χ4v) is 1.59. The first-order valence-electron chi connectivity index (χ1n) is 5.66. The monoisotopic (exact) mass is 268 g/mol. The van der Waals surface area contributed by atoms with Crippen LogP contribution in [0.1, 0.15) is 17.3 Å². The van der Waals surface area contributed by atoms with E-state index < -0.39 is 11.5 Å². The normalized spacial score (nSPS) is 11.9. The summed E-state index contributed by atoms with van der Waals surface area (Å²) in [4.78, 5) is 34.2. The van der Waals surface area contributed by atoms with Gasteiger partial charge >= 0.3 is 5.97 Å². The molecule has 1 aromatic heterocycles. The maximum atomic E-state index is 11.7. The van der Waals surface area contributed by atoms with Crippen molar-refractivity contribution < 1.29 is 19.4 Å². The molecule has 0 radical (unpaired) electrons. The molecule has 0 fully saturated rings. The van der Waals surface area contributed by atoms with Gasteiger partial charge in [0.2, 0.25) is 5.91 Å². The minimum atomic E-state index is -1.31. The number of hydrogen-bond donors (Lipinski definition) is 2. The Kier molecular flexibility index (Phi) is 5.25. The van der Waals surface area contributed by atoms with E-state index in [1.807, 2.05) is 0 Å². The van der Waals surface area contributed by atoms with Crippen molar-refractivity contribution in [3.05, 3.63) is 34.2 Å². The first-order chi connectivity index (χ1) is 8.95. The SMILES string of the molecule is COCC(C)NC(=O)Cn1cccc(C(=O)O)c1=O. The second kappa shape index (κ2) is 6.69. The largest absolute Gasteiger partial charge is 0.477 e. The number of aromatic nitrogens is 1. The molecule has 0 aliphatic carbocycles. The number of methoxy groups -OCH3 is 1. The van der Waals surface area contributed by atoms with Gasteiger partial charge in [-0.1, -0.05) is 0 Å². The molecule has 1 amide bonds. The molecule has 0 saturated carbocycles. The van der Waals surface area contributed by atoms with Crippen LogP contribution in [0.4, 0.5) is 0 Å². The van der Waals surface area contributed by atoms with Crippen molar-refractivity contribution in [2.45, 2.75) is 19.5 Å². The number of carboxylic acid groups (broad SMARTS) is 1. The highest BCUT2D eigenvalue weighted by atomic mass is 16.5. The lowest BCUT2D eigenvalue weighted by atomic mass is 10.3. The molecule has 0 bridgehead atoms.